The second kappa shape index (κ2) is 7.38. The van der Waals surface area contributed by atoms with Crippen molar-refractivity contribution in [3.63, 3.8) is 0 Å². The third-order valence-electron chi connectivity index (χ3n) is 4.33. The lowest BCUT2D eigenvalue weighted by Crippen LogP contribution is -2.51. The van der Waals surface area contributed by atoms with Gasteiger partial charge in [-0.1, -0.05) is 0 Å². The maximum atomic E-state index is 12.2. The fraction of sp³-hybridized carbons (Fsp3) is 0.875. The zero-order chi connectivity index (χ0) is 17.0. The largest absolute Gasteiger partial charge is 0.465 e. The second-order valence-electron chi connectivity index (χ2n) is 7.50. The number of hydrogen-bond acceptors (Lipinski definition) is 4. The van der Waals surface area contributed by atoms with Crippen LogP contribution in [0.1, 0.15) is 33.6 Å². The molecule has 0 unspecified atom stereocenters. The SMILES string of the molecule is CC(C)(C)OC(=O)N1CCC[C@@H](CN2CCN(C(=O)O)CC2)C1. The molecule has 0 aromatic heterocycles. The Hall–Kier alpha value is -1.50. The highest BCUT2D eigenvalue weighted by Crippen LogP contribution is 2.20. The van der Waals surface area contributed by atoms with Gasteiger partial charge in [-0.3, -0.25) is 4.90 Å². The van der Waals surface area contributed by atoms with Crippen LogP contribution in [0.15, 0.2) is 0 Å². The summed E-state index contributed by atoms with van der Waals surface area (Å²) in [4.78, 5) is 28.7. The lowest BCUT2D eigenvalue weighted by Gasteiger charge is -2.38. The minimum absolute atomic E-state index is 0.224. The van der Waals surface area contributed by atoms with E-state index in [1.165, 1.54) is 4.90 Å². The first-order chi connectivity index (χ1) is 10.7. The molecule has 1 N–H and O–H groups in total. The van der Waals surface area contributed by atoms with Crippen molar-refractivity contribution in [2.75, 3.05) is 45.8 Å². The van der Waals surface area contributed by atoms with Crippen LogP contribution < -0.4 is 0 Å². The number of carbonyl (C=O) groups excluding carboxylic acids is 1. The number of amides is 2. The third-order valence-corrected chi connectivity index (χ3v) is 4.33. The molecule has 0 aromatic carbocycles. The monoisotopic (exact) mass is 327 g/mol. The van der Waals surface area contributed by atoms with Gasteiger partial charge >= 0.3 is 12.2 Å². The van der Waals surface area contributed by atoms with Crippen LogP contribution in [0, 0.1) is 5.92 Å². The van der Waals surface area contributed by atoms with Gasteiger partial charge in [0.25, 0.3) is 0 Å². The lowest BCUT2D eigenvalue weighted by atomic mass is 9.97. The van der Waals surface area contributed by atoms with Crippen LogP contribution in [0.5, 0.6) is 0 Å². The quantitative estimate of drug-likeness (QED) is 0.839. The van der Waals surface area contributed by atoms with Gasteiger partial charge in [0.05, 0.1) is 0 Å². The smallest absolute Gasteiger partial charge is 0.410 e. The Morgan fingerprint density at radius 1 is 1.09 bits per heavy atom. The molecule has 0 aliphatic carbocycles. The first-order valence-electron chi connectivity index (χ1n) is 8.43. The molecule has 0 bridgehead atoms. The number of carboxylic acid groups (broad SMARTS) is 1. The molecule has 2 aliphatic heterocycles. The maximum Gasteiger partial charge on any atom is 0.410 e. The first-order valence-corrected chi connectivity index (χ1v) is 8.43. The molecule has 7 heteroatoms. The molecule has 2 aliphatic rings. The number of hydrogen-bond donors (Lipinski definition) is 1. The summed E-state index contributed by atoms with van der Waals surface area (Å²) in [7, 11) is 0. The van der Waals surface area contributed by atoms with Gasteiger partial charge in [0.2, 0.25) is 0 Å². The van der Waals surface area contributed by atoms with Gasteiger partial charge in [-0.25, -0.2) is 9.59 Å². The molecule has 2 rings (SSSR count). The molecule has 2 fully saturated rings. The zero-order valence-corrected chi connectivity index (χ0v) is 14.5. The van der Waals surface area contributed by atoms with Crippen LogP contribution >= 0.6 is 0 Å². The number of nitrogens with zero attached hydrogens (tertiary/aromatic N) is 3. The highest BCUT2D eigenvalue weighted by Gasteiger charge is 2.29. The molecule has 7 nitrogen and oxygen atoms in total. The molecule has 23 heavy (non-hydrogen) atoms. The van der Waals surface area contributed by atoms with Crippen LogP contribution in [0.25, 0.3) is 0 Å². The van der Waals surface area contributed by atoms with E-state index < -0.39 is 11.7 Å². The normalized spacial score (nSPS) is 23.7. The maximum absolute atomic E-state index is 12.2. The average Bonchev–Trinajstić information content (AvgIpc) is 2.46. The van der Waals surface area contributed by atoms with Crippen LogP contribution in [-0.2, 0) is 4.74 Å². The fourth-order valence-corrected chi connectivity index (χ4v) is 3.19. The number of piperazine rings is 1. The summed E-state index contributed by atoms with van der Waals surface area (Å²) in [5, 5.41) is 8.98. The molecule has 0 saturated carbocycles. The predicted octanol–water partition coefficient (Wildman–Crippen LogP) is 1.93. The number of ether oxygens (including phenoxy) is 1. The van der Waals surface area contributed by atoms with E-state index in [1.807, 2.05) is 25.7 Å². The Balaban J connectivity index is 1.78. The summed E-state index contributed by atoms with van der Waals surface area (Å²) in [6.45, 7) is 10.7. The summed E-state index contributed by atoms with van der Waals surface area (Å²) >= 11 is 0. The molecular weight excluding hydrogens is 298 g/mol. The van der Waals surface area contributed by atoms with E-state index in [-0.39, 0.29) is 6.09 Å². The van der Waals surface area contributed by atoms with Gasteiger partial charge in [0.15, 0.2) is 0 Å². The zero-order valence-electron chi connectivity index (χ0n) is 14.5. The van der Waals surface area contributed by atoms with Crippen molar-refractivity contribution in [3.8, 4) is 0 Å². The minimum atomic E-state index is -0.835. The molecule has 0 aromatic rings. The fourth-order valence-electron chi connectivity index (χ4n) is 3.19. The molecule has 0 radical (unpaired) electrons. The van der Waals surface area contributed by atoms with E-state index >= 15 is 0 Å². The van der Waals surface area contributed by atoms with E-state index in [2.05, 4.69) is 4.90 Å². The van der Waals surface area contributed by atoms with Gasteiger partial charge in [0, 0.05) is 45.8 Å². The van der Waals surface area contributed by atoms with Gasteiger partial charge in [-0.05, 0) is 39.5 Å². The molecule has 0 spiro atoms. The summed E-state index contributed by atoms with van der Waals surface area (Å²) in [5.74, 6) is 0.438. The van der Waals surface area contributed by atoms with Crippen molar-refractivity contribution in [2.45, 2.75) is 39.2 Å². The van der Waals surface area contributed by atoms with Crippen molar-refractivity contribution < 1.29 is 19.4 Å². The average molecular weight is 327 g/mol. The lowest BCUT2D eigenvalue weighted by molar-refractivity contribution is 0.0130. The van der Waals surface area contributed by atoms with Crippen LogP contribution in [0.4, 0.5) is 9.59 Å². The first kappa shape index (κ1) is 17.8. The van der Waals surface area contributed by atoms with E-state index in [0.717, 1.165) is 45.6 Å². The third kappa shape index (κ3) is 5.57. The Kier molecular flexibility index (Phi) is 5.73. The van der Waals surface area contributed by atoms with Gasteiger partial charge < -0.3 is 19.6 Å². The topological polar surface area (TPSA) is 73.3 Å². The highest BCUT2D eigenvalue weighted by atomic mass is 16.6. The molecule has 2 heterocycles. The summed E-state index contributed by atoms with van der Waals surface area (Å²) in [5.41, 5.74) is -0.461. The van der Waals surface area contributed by atoms with E-state index in [0.29, 0.717) is 19.0 Å². The molecule has 2 saturated heterocycles. The van der Waals surface area contributed by atoms with Gasteiger partial charge in [-0.15, -0.1) is 0 Å². The van der Waals surface area contributed by atoms with E-state index in [1.54, 1.807) is 0 Å². The number of piperidine rings is 1. The van der Waals surface area contributed by atoms with Gasteiger partial charge in [0.1, 0.15) is 5.60 Å². The van der Waals surface area contributed by atoms with Crippen molar-refractivity contribution in [1.82, 2.24) is 14.7 Å². The van der Waals surface area contributed by atoms with Crippen molar-refractivity contribution >= 4 is 12.2 Å². The van der Waals surface area contributed by atoms with Crippen LogP contribution in [-0.4, -0.2) is 83.4 Å². The van der Waals surface area contributed by atoms with Crippen LogP contribution in [0.2, 0.25) is 0 Å². The standard InChI is InChI=1S/C16H29N3O4/c1-16(2,3)23-15(22)19-6-4-5-13(12-19)11-17-7-9-18(10-8-17)14(20)21/h13H,4-12H2,1-3H3,(H,20,21)/t13-/m0/s1. The molecule has 2 amide bonds. The summed E-state index contributed by atoms with van der Waals surface area (Å²) in [6.07, 6.45) is 1.05. The van der Waals surface area contributed by atoms with Gasteiger partial charge in [-0.2, -0.15) is 0 Å². The molecular formula is C16H29N3O4. The molecule has 132 valence electrons. The number of carbonyl (C=O) groups is 2. The van der Waals surface area contributed by atoms with Crippen LogP contribution in [0.3, 0.4) is 0 Å². The Morgan fingerprint density at radius 3 is 2.30 bits per heavy atom. The Labute approximate surface area is 138 Å². The Bertz CT molecular complexity index is 428. The summed E-state index contributed by atoms with van der Waals surface area (Å²) < 4.78 is 5.46. The predicted molar refractivity (Wildman–Crippen MR) is 86.6 cm³/mol. The highest BCUT2D eigenvalue weighted by molar-refractivity contribution is 5.68. The Morgan fingerprint density at radius 2 is 1.74 bits per heavy atom. The van der Waals surface area contributed by atoms with Crippen molar-refractivity contribution in [1.29, 1.82) is 0 Å². The number of likely N-dealkylation sites (tertiary alicyclic amines) is 1. The summed E-state index contributed by atoms with van der Waals surface area (Å²) in [6, 6.07) is 0. The van der Waals surface area contributed by atoms with E-state index in [4.69, 9.17) is 9.84 Å². The van der Waals surface area contributed by atoms with E-state index in [9.17, 15) is 9.59 Å². The number of rotatable bonds is 2. The molecule has 1 atom stereocenters. The van der Waals surface area contributed by atoms with Crippen molar-refractivity contribution in [3.05, 3.63) is 0 Å². The van der Waals surface area contributed by atoms with Crippen molar-refractivity contribution in [2.24, 2.45) is 5.92 Å². The minimum Gasteiger partial charge on any atom is -0.465 e. The second-order valence-corrected chi connectivity index (χ2v) is 7.50.